The average molecular weight is 196 g/mol. The van der Waals surface area contributed by atoms with Crippen LogP contribution in [0.3, 0.4) is 0 Å². The maximum atomic E-state index is 11.4. The second-order valence-electron chi connectivity index (χ2n) is 2.79. The van der Waals surface area contributed by atoms with E-state index < -0.39 is 0 Å². The Balaban J connectivity index is 2.39. The number of hydrogen-bond acceptors (Lipinski definition) is 3. The van der Waals surface area contributed by atoms with Crippen molar-refractivity contribution in [2.75, 3.05) is 0 Å². The molecule has 0 aliphatic carbocycles. The van der Waals surface area contributed by atoms with Crippen molar-refractivity contribution < 1.29 is 9.59 Å². The zero-order chi connectivity index (χ0) is 9.68. The van der Waals surface area contributed by atoms with Gasteiger partial charge < -0.3 is 0 Å². The van der Waals surface area contributed by atoms with Gasteiger partial charge in [-0.1, -0.05) is 13.0 Å². The lowest BCUT2D eigenvalue weighted by atomic mass is 10.1. The Hall–Kier alpha value is -0.960. The van der Waals surface area contributed by atoms with Gasteiger partial charge in [-0.05, 0) is 11.4 Å². The highest BCUT2D eigenvalue weighted by Gasteiger charge is 2.08. The lowest BCUT2D eigenvalue weighted by molar-refractivity contribution is -0.118. The number of hydrogen-bond donors (Lipinski definition) is 0. The van der Waals surface area contributed by atoms with Crippen LogP contribution in [0.25, 0.3) is 0 Å². The summed E-state index contributed by atoms with van der Waals surface area (Å²) in [5.41, 5.74) is 0. The summed E-state index contributed by atoms with van der Waals surface area (Å²) in [6.45, 7) is 1.82. The van der Waals surface area contributed by atoms with Crippen LogP contribution in [0.4, 0.5) is 0 Å². The number of thiophene rings is 1. The van der Waals surface area contributed by atoms with Gasteiger partial charge in [-0.15, -0.1) is 11.3 Å². The molecule has 0 N–H and O–H groups in total. The molecule has 0 saturated heterocycles. The summed E-state index contributed by atoms with van der Waals surface area (Å²) >= 11 is 1.43. The minimum absolute atomic E-state index is 0.0804. The summed E-state index contributed by atoms with van der Waals surface area (Å²) in [7, 11) is 0. The van der Waals surface area contributed by atoms with Crippen molar-refractivity contribution in [2.45, 2.75) is 26.2 Å². The SMILES string of the molecule is CCC(=O)CCC(=O)c1cccs1. The van der Waals surface area contributed by atoms with Crippen LogP contribution >= 0.6 is 11.3 Å². The number of carbonyl (C=O) groups is 2. The summed E-state index contributed by atoms with van der Waals surface area (Å²) in [6, 6.07) is 3.64. The maximum Gasteiger partial charge on any atom is 0.173 e. The Morgan fingerprint density at radius 1 is 1.38 bits per heavy atom. The highest BCUT2D eigenvalue weighted by molar-refractivity contribution is 7.12. The summed E-state index contributed by atoms with van der Waals surface area (Å²) in [4.78, 5) is 23.1. The van der Waals surface area contributed by atoms with E-state index in [9.17, 15) is 9.59 Å². The molecule has 0 spiro atoms. The lowest BCUT2D eigenvalue weighted by Crippen LogP contribution is -2.01. The molecule has 0 bridgehead atoms. The first kappa shape index (κ1) is 10.1. The first-order valence-electron chi connectivity index (χ1n) is 4.32. The maximum absolute atomic E-state index is 11.4. The molecule has 0 amide bonds. The van der Waals surface area contributed by atoms with Crippen LogP contribution < -0.4 is 0 Å². The van der Waals surface area contributed by atoms with Crippen LogP contribution in [-0.2, 0) is 4.79 Å². The fourth-order valence-electron chi connectivity index (χ4n) is 0.990. The van der Waals surface area contributed by atoms with Crippen molar-refractivity contribution in [1.82, 2.24) is 0 Å². The Morgan fingerprint density at radius 2 is 2.15 bits per heavy atom. The summed E-state index contributed by atoms with van der Waals surface area (Å²) in [5, 5.41) is 1.87. The molecular formula is C10H12O2S. The third-order valence-electron chi connectivity index (χ3n) is 1.82. The summed E-state index contributed by atoms with van der Waals surface area (Å²) < 4.78 is 0. The van der Waals surface area contributed by atoms with Gasteiger partial charge in [-0.25, -0.2) is 0 Å². The van der Waals surface area contributed by atoms with Crippen LogP contribution in [0.1, 0.15) is 35.9 Å². The first-order valence-corrected chi connectivity index (χ1v) is 5.20. The molecule has 0 atom stereocenters. The van der Waals surface area contributed by atoms with Crippen LogP contribution in [0.5, 0.6) is 0 Å². The number of carbonyl (C=O) groups excluding carboxylic acids is 2. The second kappa shape index (κ2) is 4.92. The fraction of sp³-hybridized carbons (Fsp3) is 0.400. The van der Waals surface area contributed by atoms with E-state index in [2.05, 4.69) is 0 Å². The molecule has 13 heavy (non-hydrogen) atoms. The molecule has 0 aliphatic heterocycles. The quantitative estimate of drug-likeness (QED) is 0.678. The summed E-state index contributed by atoms with van der Waals surface area (Å²) in [6.07, 6.45) is 1.26. The minimum atomic E-state index is 0.0804. The fourth-order valence-corrected chi connectivity index (χ4v) is 1.68. The number of Topliss-reactive ketones (excluding diaryl/α,β-unsaturated/α-hetero) is 2. The molecule has 0 saturated carbocycles. The van der Waals surface area contributed by atoms with E-state index in [1.807, 2.05) is 18.4 Å². The van der Waals surface area contributed by atoms with E-state index in [-0.39, 0.29) is 11.6 Å². The smallest absolute Gasteiger partial charge is 0.173 e. The topological polar surface area (TPSA) is 34.1 Å². The zero-order valence-electron chi connectivity index (χ0n) is 7.58. The van der Waals surface area contributed by atoms with Gasteiger partial charge in [0.15, 0.2) is 5.78 Å². The molecule has 0 radical (unpaired) electrons. The van der Waals surface area contributed by atoms with Gasteiger partial charge >= 0.3 is 0 Å². The average Bonchev–Trinajstić information content (AvgIpc) is 2.66. The largest absolute Gasteiger partial charge is 0.300 e. The Morgan fingerprint density at radius 3 is 2.69 bits per heavy atom. The minimum Gasteiger partial charge on any atom is -0.300 e. The van der Waals surface area contributed by atoms with E-state index in [4.69, 9.17) is 0 Å². The Bertz CT molecular complexity index is 288. The standard InChI is InChI=1S/C10H12O2S/c1-2-8(11)5-6-9(12)10-4-3-7-13-10/h3-4,7H,2,5-6H2,1H3. The highest BCUT2D eigenvalue weighted by atomic mass is 32.1. The lowest BCUT2D eigenvalue weighted by Gasteiger charge is -1.95. The van der Waals surface area contributed by atoms with Gasteiger partial charge in [0.05, 0.1) is 4.88 Å². The van der Waals surface area contributed by atoms with Crippen molar-refractivity contribution in [3.63, 3.8) is 0 Å². The van der Waals surface area contributed by atoms with Gasteiger partial charge in [-0.2, -0.15) is 0 Å². The van der Waals surface area contributed by atoms with Crippen LogP contribution in [0.2, 0.25) is 0 Å². The molecular weight excluding hydrogens is 184 g/mol. The van der Waals surface area contributed by atoms with Crippen LogP contribution in [-0.4, -0.2) is 11.6 Å². The van der Waals surface area contributed by atoms with Gasteiger partial charge in [-0.3, -0.25) is 9.59 Å². The van der Waals surface area contributed by atoms with Gasteiger partial charge in [0.2, 0.25) is 0 Å². The number of rotatable bonds is 5. The molecule has 70 valence electrons. The van der Waals surface area contributed by atoms with Gasteiger partial charge in [0.1, 0.15) is 5.78 Å². The molecule has 1 aromatic rings. The zero-order valence-corrected chi connectivity index (χ0v) is 8.39. The molecule has 1 heterocycles. The molecule has 0 aromatic carbocycles. The van der Waals surface area contributed by atoms with E-state index in [1.54, 1.807) is 6.07 Å². The van der Waals surface area contributed by atoms with Crippen molar-refractivity contribution in [1.29, 1.82) is 0 Å². The predicted octanol–water partition coefficient (Wildman–Crippen LogP) is 2.69. The third-order valence-corrected chi connectivity index (χ3v) is 2.73. The first-order chi connectivity index (χ1) is 6.24. The van der Waals surface area contributed by atoms with E-state index in [0.717, 1.165) is 4.88 Å². The Labute approximate surface area is 81.6 Å². The Kier molecular flexibility index (Phi) is 3.83. The molecule has 0 fully saturated rings. The van der Waals surface area contributed by atoms with E-state index in [1.165, 1.54) is 11.3 Å². The van der Waals surface area contributed by atoms with E-state index in [0.29, 0.717) is 19.3 Å². The van der Waals surface area contributed by atoms with Crippen molar-refractivity contribution in [3.8, 4) is 0 Å². The number of ketones is 2. The molecule has 2 nitrogen and oxygen atoms in total. The summed E-state index contributed by atoms with van der Waals surface area (Å²) in [5.74, 6) is 0.238. The predicted molar refractivity (Wildman–Crippen MR) is 53.2 cm³/mol. The molecule has 1 rings (SSSR count). The van der Waals surface area contributed by atoms with Crippen LogP contribution in [0, 0.1) is 0 Å². The molecule has 0 aliphatic rings. The highest BCUT2D eigenvalue weighted by Crippen LogP contribution is 2.12. The second-order valence-corrected chi connectivity index (χ2v) is 3.74. The van der Waals surface area contributed by atoms with Crippen molar-refractivity contribution in [2.24, 2.45) is 0 Å². The monoisotopic (exact) mass is 196 g/mol. The normalized spacial score (nSPS) is 9.92. The van der Waals surface area contributed by atoms with Gasteiger partial charge in [0, 0.05) is 19.3 Å². The van der Waals surface area contributed by atoms with Crippen LogP contribution in [0.15, 0.2) is 17.5 Å². The molecule has 0 unspecified atom stereocenters. The van der Waals surface area contributed by atoms with Crippen molar-refractivity contribution in [3.05, 3.63) is 22.4 Å². The molecule has 3 heteroatoms. The third kappa shape index (κ3) is 3.11. The molecule has 1 aromatic heterocycles. The van der Waals surface area contributed by atoms with Crippen molar-refractivity contribution >= 4 is 22.9 Å². The van der Waals surface area contributed by atoms with Gasteiger partial charge in [0.25, 0.3) is 0 Å². The van der Waals surface area contributed by atoms with E-state index >= 15 is 0 Å².